The lowest BCUT2D eigenvalue weighted by Gasteiger charge is -2.30. The van der Waals surface area contributed by atoms with Gasteiger partial charge in [-0.05, 0) is 49.0 Å². The predicted molar refractivity (Wildman–Crippen MR) is 95.3 cm³/mol. The molecule has 0 saturated heterocycles. The van der Waals surface area contributed by atoms with Crippen molar-refractivity contribution in [2.24, 2.45) is 0 Å². The first-order valence-electron chi connectivity index (χ1n) is 7.34. The largest absolute Gasteiger partial charge is 0.508 e. The Bertz CT molecular complexity index is 803. The molecule has 0 saturated carbocycles. The number of amides is 1. The zero-order chi connectivity index (χ0) is 17.1. The number of rotatable bonds is 3. The van der Waals surface area contributed by atoms with Crippen molar-refractivity contribution in [2.45, 2.75) is 13.0 Å². The number of aromatic nitrogens is 1. The second kappa shape index (κ2) is 6.67. The van der Waals surface area contributed by atoms with E-state index in [0.29, 0.717) is 22.2 Å². The van der Waals surface area contributed by atoms with Crippen molar-refractivity contribution in [3.8, 4) is 5.75 Å². The van der Waals surface area contributed by atoms with Crippen LogP contribution in [-0.2, 0) is 4.79 Å². The molecule has 1 aromatic heterocycles. The van der Waals surface area contributed by atoms with Crippen molar-refractivity contribution in [1.82, 2.24) is 15.6 Å². The van der Waals surface area contributed by atoms with Crippen LogP contribution in [0, 0.1) is 0 Å². The summed E-state index contributed by atoms with van der Waals surface area (Å²) < 4.78 is 0. The highest BCUT2D eigenvalue weighted by Gasteiger charge is 2.30. The topological polar surface area (TPSA) is 86.3 Å². The number of hydrogen-bond donors (Lipinski definition) is 4. The number of aromatic hydroxyl groups is 1. The second-order valence-corrected chi connectivity index (χ2v) is 5.74. The average Bonchev–Trinajstić information content (AvgIpc) is 2.55. The first-order valence-corrected chi connectivity index (χ1v) is 7.75. The summed E-state index contributed by atoms with van der Waals surface area (Å²) in [5.41, 5.74) is 2.01. The highest BCUT2D eigenvalue weighted by atomic mass is 32.1. The minimum absolute atomic E-state index is 0.162. The molecule has 0 spiro atoms. The van der Waals surface area contributed by atoms with Gasteiger partial charge in [-0.1, -0.05) is 18.2 Å². The molecule has 24 heavy (non-hydrogen) atoms. The van der Waals surface area contributed by atoms with Gasteiger partial charge in [0.2, 0.25) is 0 Å². The van der Waals surface area contributed by atoms with Crippen LogP contribution < -0.4 is 16.0 Å². The van der Waals surface area contributed by atoms with Gasteiger partial charge in [-0.3, -0.25) is 4.79 Å². The highest BCUT2D eigenvalue weighted by Crippen LogP contribution is 2.28. The Balaban J connectivity index is 1.94. The van der Waals surface area contributed by atoms with Crippen LogP contribution in [0.3, 0.4) is 0 Å². The molecule has 2 heterocycles. The molecule has 1 aliphatic heterocycles. The molecule has 6 nitrogen and oxygen atoms in total. The third-order valence-electron chi connectivity index (χ3n) is 3.65. The molecular formula is C17H16N4O2S. The number of phenols is 1. The van der Waals surface area contributed by atoms with Crippen molar-refractivity contribution in [2.75, 3.05) is 5.32 Å². The van der Waals surface area contributed by atoms with E-state index in [1.807, 2.05) is 0 Å². The van der Waals surface area contributed by atoms with Crippen LogP contribution in [0.15, 0.2) is 59.9 Å². The number of hydrogen-bond acceptors (Lipinski definition) is 4. The Morgan fingerprint density at radius 1 is 1.25 bits per heavy atom. The number of allylic oxidation sites excluding steroid dienone is 1. The molecule has 7 heteroatoms. The summed E-state index contributed by atoms with van der Waals surface area (Å²) in [6, 6.07) is 11.5. The normalized spacial score (nSPS) is 17.0. The lowest BCUT2D eigenvalue weighted by molar-refractivity contribution is -0.113. The number of pyridine rings is 1. The van der Waals surface area contributed by atoms with Gasteiger partial charge in [-0.25, -0.2) is 4.98 Å². The molecule has 0 radical (unpaired) electrons. The van der Waals surface area contributed by atoms with Crippen LogP contribution in [0.2, 0.25) is 0 Å². The van der Waals surface area contributed by atoms with Gasteiger partial charge in [0.05, 0.1) is 11.6 Å². The SMILES string of the molecule is CC1=C(C(=O)Nc2ccccn2)[C@H](c2ccc(O)cc2)NC(=S)N1. The molecule has 4 N–H and O–H groups in total. The minimum atomic E-state index is -0.414. The van der Waals surface area contributed by atoms with Crippen LogP contribution in [0.5, 0.6) is 5.75 Å². The number of anilines is 1. The molecule has 0 aliphatic carbocycles. The van der Waals surface area contributed by atoms with E-state index in [2.05, 4.69) is 20.9 Å². The Labute approximate surface area is 144 Å². The minimum Gasteiger partial charge on any atom is -0.508 e. The monoisotopic (exact) mass is 340 g/mol. The van der Waals surface area contributed by atoms with E-state index in [1.165, 1.54) is 0 Å². The average molecular weight is 340 g/mol. The van der Waals surface area contributed by atoms with E-state index in [1.54, 1.807) is 55.6 Å². The number of thiocarbonyl (C=S) groups is 1. The van der Waals surface area contributed by atoms with Crippen LogP contribution in [0.25, 0.3) is 0 Å². The molecular weight excluding hydrogens is 324 g/mol. The number of nitrogens with zero attached hydrogens (tertiary/aromatic N) is 1. The second-order valence-electron chi connectivity index (χ2n) is 5.33. The third kappa shape index (κ3) is 3.36. The van der Waals surface area contributed by atoms with Crippen molar-refractivity contribution >= 4 is 29.1 Å². The summed E-state index contributed by atoms with van der Waals surface area (Å²) in [5.74, 6) is 0.364. The number of phenolic OH excluding ortho intramolecular Hbond substituents is 1. The zero-order valence-corrected chi connectivity index (χ0v) is 13.7. The van der Waals surface area contributed by atoms with E-state index in [9.17, 15) is 9.90 Å². The van der Waals surface area contributed by atoms with Crippen LogP contribution >= 0.6 is 12.2 Å². The van der Waals surface area contributed by atoms with Crippen molar-refractivity contribution in [1.29, 1.82) is 0 Å². The van der Waals surface area contributed by atoms with Crippen molar-refractivity contribution in [3.05, 3.63) is 65.5 Å². The van der Waals surface area contributed by atoms with Gasteiger partial charge in [0.15, 0.2) is 5.11 Å². The van der Waals surface area contributed by atoms with Gasteiger partial charge in [0, 0.05) is 11.9 Å². The maximum absolute atomic E-state index is 12.8. The maximum atomic E-state index is 12.8. The first kappa shape index (κ1) is 15.9. The smallest absolute Gasteiger partial charge is 0.256 e. The van der Waals surface area contributed by atoms with E-state index in [0.717, 1.165) is 5.56 Å². The molecule has 3 rings (SSSR count). The van der Waals surface area contributed by atoms with Crippen molar-refractivity contribution < 1.29 is 9.90 Å². The van der Waals surface area contributed by atoms with E-state index >= 15 is 0 Å². The fourth-order valence-electron chi connectivity index (χ4n) is 2.53. The molecule has 1 atom stereocenters. The first-order chi connectivity index (χ1) is 11.5. The van der Waals surface area contributed by atoms with Gasteiger partial charge in [0.1, 0.15) is 11.6 Å². The summed E-state index contributed by atoms with van der Waals surface area (Å²) in [6.45, 7) is 1.80. The molecule has 0 bridgehead atoms. The summed E-state index contributed by atoms with van der Waals surface area (Å²) in [7, 11) is 0. The fraction of sp³-hybridized carbons (Fsp3) is 0.118. The van der Waals surface area contributed by atoms with Crippen LogP contribution in [-0.4, -0.2) is 21.1 Å². The van der Waals surface area contributed by atoms with E-state index in [4.69, 9.17) is 12.2 Å². The molecule has 2 aromatic rings. The summed E-state index contributed by atoms with van der Waals surface area (Å²) in [5, 5.41) is 18.8. The van der Waals surface area contributed by atoms with E-state index < -0.39 is 6.04 Å². The quantitative estimate of drug-likeness (QED) is 0.641. The van der Waals surface area contributed by atoms with E-state index in [-0.39, 0.29) is 11.7 Å². The molecule has 1 aromatic carbocycles. The third-order valence-corrected chi connectivity index (χ3v) is 3.87. The number of benzene rings is 1. The molecule has 0 unspecified atom stereocenters. The summed E-state index contributed by atoms with van der Waals surface area (Å²) in [4.78, 5) is 16.9. The Hall–Kier alpha value is -2.93. The Morgan fingerprint density at radius 3 is 2.67 bits per heavy atom. The van der Waals surface area contributed by atoms with Gasteiger partial charge in [0.25, 0.3) is 5.91 Å². The predicted octanol–water partition coefficient (Wildman–Crippen LogP) is 2.22. The number of nitrogens with one attached hydrogen (secondary N) is 3. The van der Waals surface area contributed by atoms with Gasteiger partial charge >= 0.3 is 0 Å². The highest BCUT2D eigenvalue weighted by molar-refractivity contribution is 7.80. The van der Waals surface area contributed by atoms with Crippen LogP contribution in [0.1, 0.15) is 18.5 Å². The standard InChI is InChI=1S/C17H16N4O2S/c1-10-14(16(23)20-13-4-2-3-9-18-13)15(21-17(24)19-10)11-5-7-12(22)8-6-11/h2-9,15,22H,1H3,(H,18,20,23)(H2,19,21,24)/t15-/m0/s1. The Kier molecular flexibility index (Phi) is 4.43. The van der Waals surface area contributed by atoms with Gasteiger partial charge < -0.3 is 21.1 Å². The van der Waals surface area contributed by atoms with Crippen molar-refractivity contribution in [3.63, 3.8) is 0 Å². The summed E-state index contributed by atoms with van der Waals surface area (Å²) >= 11 is 5.20. The molecule has 1 aliphatic rings. The lowest BCUT2D eigenvalue weighted by atomic mass is 9.95. The maximum Gasteiger partial charge on any atom is 0.256 e. The molecule has 122 valence electrons. The zero-order valence-electron chi connectivity index (χ0n) is 12.9. The van der Waals surface area contributed by atoms with Gasteiger partial charge in [-0.2, -0.15) is 0 Å². The van der Waals surface area contributed by atoms with Crippen LogP contribution in [0.4, 0.5) is 5.82 Å². The van der Waals surface area contributed by atoms with Gasteiger partial charge in [-0.15, -0.1) is 0 Å². The lowest BCUT2D eigenvalue weighted by Crippen LogP contribution is -2.45. The number of carbonyl (C=O) groups is 1. The number of carbonyl (C=O) groups excluding carboxylic acids is 1. The molecule has 1 amide bonds. The summed E-state index contributed by atoms with van der Waals surface area (Å²) in [6.07, 6.45) is 1.61. The fourth-order valence-corrected chi connectivity index (χ4v) is 2.80. The molecule has 0 fully saturated rings. The Morgan fingerprint density at radius 2 is 2.00 bits per heavy atom.